The number of nitrogens with zero attached hydrogens (tertiary/aromatic N) is 8. The highest BCUT2D eigenvalue weighted by Crippen LogP contribution is 2.11. The van der Waals surface area contributed by atoms with E-state index in [4.69, 9.17) is 0 Å². The van der Waals surface area contributed by atoms with Gasteiger partial charge in [-0.05, 0) is 32.0 Å². The number of aryl methyl sites for hydroxylation is 2. The van der Waals surface area contributed by atoms with E-state index in [1.54, 1.807) is 34.1 Å². The fourth-order valence-corrected chi connectivity index (χ4v) is 3.36. The number of carbonyl (C=O) groups is 1. The Labute approximate surface area is 167 Å². The fourth-order valence-electron chi connectivity index (χ4n) is 3.36. The van der Waals surface area contributed by atoms with E-state index in [9.17, 15) is 9.59 Å². The Bertz CT molecular complexity index is 1070. The zero-order valence-corrected chi connectivity index (χ0v) is 16.4. The van der Waals surface area contributed by atoms with Crippen LogP contribution in [0.2, 0.25) is 0 Å². The van der Waals surface area contributed by atoms with Gasteiger partial charge in [-0.2, -0.15) is 5.10 Å². The molecule has 0 N–H and O–H groups in total. The molecule has 4 heterocycles. The minimum atomic E-state index is -0.319. The second kappa shape index (κ2) is 7.82. The molecule has 1 aliphatic heterocycles. The molecule has 1 saturated heterocycles. The summed E-state index contributed by atoms with van der Waals surface area (Å²) in [6.07, 6.45) is 3.40. The van der Waals surface area contributed by atoms with Crippen molar-refractivity contribution in [3.05, 3.63) is 58.4 Å². The standard InChI is InChI=1S/C19H22N8O2/c1-14-12-15(2)27(22-14)16-4-5-17(28)26(23-16)13-18(29)24-8-10-25(11-9-24)19-20-6-3-7-21-19/h3-7,12H,8-11,13H2,1-2H3. The Morgan fingerprint density at radius 1 is 1.03 bits per heavy atom. The van der Waals surface area contributed by atoms with Gasteiger partial charge in [-0.15, -0.1) is 5.10 Å². The minimum absolute atomic E-state index is 0.103. The Morgan fingerprint density at radius 3 is 2.41 bits per heavy atom. The highest BCUT2D eigenvalue weighted by Gasteiger charge is 2.23. The topological polar surface area (TPSA) is 102 Å². The average molecular weight is 394 g/mol. The van der Waals surface area contributed by atoms with Crippen LogP contribution in [0.15, 0.2) is 41.5 Å². The number of rotatable bonds is 4. The quantitative estimate of drug-likeness (QED) is 0.622. The number of hydrogen-bond acceptors (Lipinski definition) is 7. The second-order valence-electron chi connectivity index (χ2n) is 6.94. The van der Waals surface area contributed by atoms with E-state index in [0.29, 0.717) is 37.9 Å². The van der Waals surface area contributed by atoms with Crippen LogP contribution < -0.4 is 10.5 Å². The molecule has 0 bridgehead atoms. The first-order valence-corrected chi connectivity index (χ1v) is 9.43. The van der Waals surface area contributed by atoms with E-state index in [-0.39, 0.29) is 18.0 Å². The number of carbonyl (C=O) groups excluding carboxylic acids is 1. The van der Waals surface area contributed by atoms with Crippen LogP contribution in [-0.4, -0.2) is 66.5 Å². The molecule has 0 unspecified atom stereocenters. The normalized spacial score (nSPS) is 14.3. The lowest BCUT2D eigenvalue weighted by atomic mass is 10.3. The first-order chi connectivity index (χ1) is 14.0. The average Bonchev–Trinajstić information content (AvgIpc) is 3.08. The van der Waals surface area contributed by atoms with E-state index in [2.05, 4.69) is 20.2 Å². The van der Waals surface area contributed by atoms with Crippen LogP contribution in [0.4, 0.5) is 5.95 Å². The molecule has 4 rings (SSSR count). The Morgan fingerprint density at radius 2 is 1.76 bits per heavy atom. The number of amides is 1. The summed E-state index contributed by atoms with van der Waals surface area (Å²) in [6, 6.07) is 6.73. The van der Waals surface area contributed by atoms with Gasteiger partial charge in [0.15, 0.2) is 5.82 Å². The molecule has 0 saturated carbocycles. The maximum absolute atomic E-state index is 12.7. The summed E-state index contributed by atoms with van der Waals surface area (Å²) < 4.78 is 2.86. The van der Waals surface area contributed by atoms with Gasteiger partial charge in [0.1, 0.15) is 6.54 Å². The van der Waals surface area contributed by atoms with Crippen molar-refractivity contribution in [1.29, 1.82) is 0 Å². The molecule has 150 valence electrons. The van der Waals surface area contributed by atoms with Crippen molar-refractivity contribution in [2.45, 2.75) is 20.4 Å². The summed E-state index contributed by atoms with van der Waals surface area (Å²) in [4.78, 5) is 37.2. The van der Waals surface area contributed by atoms with Crippen LogP contribution in [0.3, 0.4) is 0 Å². The lowest BCUT2D eigenvalue weighted by molar-refractivity contribution is -0.132. The number of anilines is 1. The maximum Gasteiger partial charge on any atom is 0.267 e. The monoisotopic (exact) mass is 394 g/mol. The van der Waals surface area contributed by atoms with Gasteiger partial charge < -0.3 is 9.80 Å². The predicted molar refractivity (Wildman–Crippen MR) is 106 cm³/mol. The molecule has 1 aliphatic rings. The van der Waals surface area contributed by atoms with Crippen molar-refractivity contribution in [1.82, 2.24) is 34.4 Å². The molecular formula is C19H22N8O2. The zero-order chi connectivity index (χ0) is 20.4. The summed E-state index contributed by atoms with van der Waals surface area (Å²) >= 11 is 0. The molecular weight excluding hydrogens is 372 g/mol. The van der Waals surface area contributed by atoms with Gasteiger partial charge in [-0.3, -0.25) is 9.59 Å². The zero-order valence-electron chi connectivity index (χ0n) is 16.4. The van der Waals surface area contributed by atoms with Gasteiger partial charge in [0.2, 0.25) is 11.9 Å². The molecule has 3 aromatic heterocycles. The largest absolute Gasteiger partial charge is 0.338 e. The molecule has 1 amide bonds. The fraction of sp³-hybridized carbons (Fsp3) is 0.368. The molecule has 29 heavy (non-hydrogen) atoms. The van der Waals surface area contributed by atoms with E-state index in [1.807, 2.05) is 24.8 Å². The van der Waals surface area contributed by atoms with Crippen molar-refractivity contribution in [3.63, 3.8) is 0 Å². The number of piperazine rings is 1. The van der Waals surface area contributed by atoms with Crippen molar-refractivity contribution in [3.8, 4) is 5.82 Å². The third-order valence-electron chi connectivity index (χ3n) is 4.83. The van der Waals surface area contributed by atoms with E-state index in [1.165, 1.54) is 10.7 Å². The van der Waals surface area contributed by atoms with Crippen LogP contribution in [0.1, 0.15) is 11.4 Å². The second-order valence-corrected chi connectivity index (χ2v) is 6.94. The first-order valence-electron chi connectivity index (χ1n) is 9.43. The lowest BCUT2D eigenvalue weighted by Gasteiger charge is -2.34. The summed E-state index contributed by atoms with van der Waals surface area (Å²) in [5, 5.41) is 8.72. The summed E-state index contributed by atoms with van der Waals surface area (Å²) in [5.41, 5.74) is 1.45. The van der Waals surface area contributed by atoms with Gasteiger partial charge >= 0.3 is 0 Å². The summed E-state index contributed by atoms with van der Waals surface area (Å²) in [7, 11) is 0. The molecule has 0 spiro atoms. The van der Waals surface area contributed by atoms with Crippen molar-refractivity contribution >= 4 is 11.9 Å². The van der Waals surface area contributed by atoms with Crippen LogP contribution in [0.25, 0.3) is 5.82 Å². The molecule has 0 radical (unpaired) electrons. The SMILES string of the molecule is Cc1cc(C)n(-c2ccc(=O)n(CC(=O)N3CCN(c4ncccn4)CC3)n2)n1. The van der Waals surface area contributed by atoms with Crippen molar-refractivity contribution < 1.29 is 4.79 Å². The van der Waals surface area contributed by atoms with Gasteiger partial charge in [0, 0.05) is 50.3 Å². The minimum Gasteiger partial charge on any atom is -0.338 e. The van der Waals surface area contributed by atoms with Gasteiger partial charge in [0.25, 0.3) is 5.56 Å². The first kappa shape index (κ1) is 18.8. The van der Waals surface area contributed by atoms with Crippen LogP contribution in [0.5, 0.6) is 0 Å². The molecule has 0 aliphatic carbocycles. The summed E-state index contributed by atoms with van der Waals surface area (Å²) in [6.45, 7) is 6.08. The van der Waals surface area contributed by atoms with E-state index >= 15 is 0 Å². The van der Waals surface area contributed by atoms with Crippen molar-refractivity contribution in [2.75, 3.05) is 31.1 Å². The van der Waals surface area contributed by atoms with Gasteiger partial charge in [-0.1, -0.05) is 0 Å². The highest BCUT2D eigenvalue weighted by molar-refractivity contribution is 5.76. The van der Waals surface area contributed by atoms with Gasteiger partial charge in [-0.25, -0.2) is 19.3 Å². The Kier molecular flexibility index (Phi) is 5.07. The predicted octanol–water partition coefficient (Wildman–Crippen LogP) is 0.185. The highest BCUT2D eigenvalue weighted by atomic mass is 16.2. The molecule has 10 heteroatoms. The smallest absolute Gasteiger partial charge is 0.267 e. The van der Waals surface area contributed by atoms with E-state index < -0.39 is 0 Å². The number of hydrogen-bond donors (Lipinski definition) is 0. The molecule has 0 atom stereocenters. The molecule has 0 aromatic carbocycles. The molecule has 10 nitrogen and oxygen atoms in total. The third-order valence-corrected chi connectivity index (χ3v) is 4.83. The third kappa shape index (κ3) is 4.00. The molecule has 1 fully saturated rings. The van der Waals surface area contributed by atoms with E-state index in [0.717, 1.165) is 11.4 Å². The Hall–Kier alpha value is -3.56. The lowest BCUT2D eigenvalue weighted by Crippen LogP contribution is -2.50. The van der Waals surface area contributed by atoms with Crippen molar-refractivity contribution in [2.24, 2.45) is 0 Å². The van der Waals surface area contributed by atoms with Crippen LogP contribution in [-0.2, 0) is 11.3 Å². The molecule has 3 aromatic rings. The van der Waals surface area contributed by atoms with Crippen LogP contribution in [0, 0.1) is 13.8 Å². The Balaban J connectivity index is 1.44. The maximum atomic E-state index is 12.7. The van der Waals surface area contributed by atoms with Gasteiger partial charge in [0.05, 0.1) is 5.69 Å². The van der Waals surface area contributed by atoms with Crippen LogP contribution >= 0.6 is 0 Å². The number of aromatic nitrogens is 6. The summed E-state index contributed by atoms with van der Waals surface area (Å²) in [5.74, 6) is 1.03.